The van der Waals surface area contributed by atoms with Crippen molar-refractivity contribution in [3.05, 3.63) is 29.6 Å². The van der Waals surface area contributed by atoms with Crippen molar-refractivity contribution in [3.8, 4) is 0 Å². The lowest BCUT2D eigenvalue weighted by Crippen LogP contribution is -2.34. The molecular formula is C12H16FNO3S. The van der Waals surface area contributed by atoms with Gasteiger partial charge in [-0.1, -0.05) is 6.07 Å². The highest BCUT2D eigenvalue weighted by Gasteiger charge is 2.38. The summed E-state index contributed by atoms with van der Waals surface area (Å²) in [4.78, 5) is -0.0276. The molecule has 1 heterocycles. The molecule has 0 amide bonds. The standard InChI is InChI=1S/C12H16FNO3S/c1-9-3-4-10(13)7-11(9)18(16,17)14-6-5-12(2,15)8-14/h3-4,7,15H,5-6,8H2,1-2H3. The van der Waals surface area contributed by atoms with E-state index < -0.39 is 21.4 Å². The predicted molar refractivity (Wildman–Crippen MR) is 65.1 cm³/mol. The summed E-state index contributed by atoms with van der Waals surface area (Å²) in [5, 5.41) is 9.82. The molecule has 1 aliphatic heterocycles. The van der Waals surface area contributed by atoms with Gasteiger partial charge in [-0.25, -0.2) is 12.8 Å². The van der Waals surface area contributed by atoms with Crippen LogP contribution in [0.1, 0.15) is 18.9 Å². The summed E-state index contributed by atoms with van der Waals surface area (Å²) < 4.78 is 39.1. The highest BCUT2D eigenvalue weighted by atomic mass is 32.2. The van der Waals surface area contributed by atoms with E-state index >= 15 is 0 Å². The van der Waals surface area contributed by atoms with E-state index in [9.17, 15) is 17.9 Å². The normalized spacial score (nSPS) is 25.6. The second kappa shape index (κ2) is 4.29. The largest absolute Gasteiger partial charge is 0.389 e. The minimum Gasteiger partial charge on any atom is -0.389 e. The van der Waals surface area contributed by atoms with E-state index in [1.807, 2.05) is 0 Å². The maximum atomic E-state index is 13.2. The molecule has 6 heteroatoms. The second-order valence-corrected chi connectivity index (χ2v) is 6.90. The molecule has 0 spiro atoms. The fourth-order valence-electron chi connectivity index (χ4n) is 2.10. The van der Waals surface area contributed by atoms with Crippen LogP contribution in [0.3, 0.4) is 0 Å². The Labute approximate surface area is 106 Å². The summed E-state index contributed by atoms with van der Waals surface area (Å²) in [6.45, 7) is 3.53. The first-order chi connectivity index (χ1) is 8.22. The molecule has 18 heavy (non-hydrogen) atoms. The van der Waals surface area contributed by atoms with Crippen LogP contribution in [0.15, 0.2) is 23.1 Å². The summed E-state index contributed by atoms with van der Waals surface area (Å²) >= 11 is 0. The van der Waals surface area contributed by atoms with Gasteiger partial charge in [0.25, 0.3) is 0 Å². The van der Waals surface area contributed by atoms with Gasteiger partial charge in [0.15, 0.2) is 0 Å². The Morgan fingerprint density at radius 1 is 1.44 bits per heavy atom. The highest BCUT2D eigenvalue weighted by Crippen LogP contribution is 2.28. The number of aryl methyl sites for hydroxylation is 1. The van der Waals surface area contributed by atoms with Gasteiger partial charge in [0.2, 0.25) is 10.0 Å². The first-order valence-corrected chi connectivity index (χ1v) is 7.15. The van der Waals surface area contributed by atoms with E-state index in [4.69, 9.17) is 0 Å². The Balaban J connectivity index is 2.40. The van der Waals surface area contributed by atoms with Gasteiger partial charge < -0.3 is 5.11 Å². The third-order valence-corrected chi connectivity index (χ3v) is 5.17. The maximum absolute atomic E-state index is 13.2. The first kappa shape index (κ1) is 13.5. The molecule has 1 N–H and O–H groups in total. The number of rotatable bonds is 2. The van der Waals surface area contributed by atoms with Gasteiger partial charge in [0, 0.05) is 13.1 Å². The molecule has 1 aromatic carbocycles. The van der Waals surface area contributed by atoms with Crippen molar-refractivity contribution in [1.82, 2.24) is 4.31 Å². The van der Waals surface area contributed by atoms with Gasteiger partial charge >= 0.3 is 0 Å². The molecule has 4 nitrogen and oxygen atoms in total. The average molecular weight is 273 g/mol. The number of halogens is 1. The second-order valence-electron chi connectivity index (χ2n) is 5.00. The average Bonchev–Trinajstić information content (AvgIpc) is 2.63. The fourth-order valence-corrected chi connectivity index (χ4v) is 3.89. The summed E-state index contributed by atoms with van der Waals surface area (Å²) in [6.07, 6.45) is 0.389. The monoisotopic (exact) mass is 273 g/mol. The molecule has 0 bridgehead atoms. The molecule has 1 aromatic rings. The van der Waals surface area contributed by atoms with Crippen molar-refractivity contribution >= 4 is 10.0 Å². The number of nitrogens with zero attached hydrogens (tertiary/aromatic N) is 1. The maximum Gasteiger partial charge on any atom is 0.243 e. The minimum atomic E-state index is -3.73. The van der Waals surface area contributed by atoms with E-state index in [2.05, 4.69) is 0 Å². The molecule has 0 aromatic heterocycles. The third kappa shape index (κ3) is 2.41. The zero-order valence-electron chi connectivity index (χ0n) is 10.4. The van der Waals surface area contributed by atoms with Crippen LogP contribution in [0.5, 0.6) is 0 Å². The fraction of sp³-hybridized carbons (Fsp3) is 0.500. The molecular weight excluding hydrogens is 257 g/mol. The van der Waals surface area contributed by atoms with E-state index in [1.165, 1.54) is 16.4 Å². The van der Waals surface area contributed by atoms with Crippen molar-refractivity contribution in [2.45, 2.75) is 30.8 Å². The Bertz CT molecular complexity index is 569. The predicted octanol–water partition coefficient (Wildman–Crippen LogP) is 1.28. The number of benzene rings is 1. The molecule has 0 saturated carbocycles. The smallest absolute Gasteiger partial charge is 0.243 e. The topological polar surface area (TPSA) is 57.6 Å². The van der Waals surface area contributed by atoms with E-state index in [0.29, 0.717) is 12.0 Å². The zero-order valence-corrected chi connectivity index (χ0v) is 11.2. The number of aliphatic hydroxyl groups is 1. The van der Waals surface area contributed by atoms with Gasteiger partial charge in [-0.2, -0.15) is 4.31 Å². The van der Waals surface area contributed by atoms with E-state index in [1.54, 1.807) is 13.8 Å². The van der Waals surface area contributed by atoms with Gasteiger partial charge in [0.1, 0.15) is 5.82 Å². The molecule has 1 unspecified atom stereocenters. The van der Waals surface area contributed by atoms with Crippen molar-refractivity contribution < 1.29 is 17.9 Å². The number of β-amino-alcohol motifs (C(OH)–C–C–N with tert-alkyl or cyclic N) is 1. The van der Waals surface area contributed by atoms with Crippen LogP contribution in [0.25, 0.3) is 0 Å². The molecule has 0 radical (unpaired) electrons. The Morgan fingerprint density at radius 2 is 2.11 bits per heavy atom. The van der Waals surface area contributed by atoms with E-state index in [0.717, 1.165) is 6.07 Å². The Morgan fingerprint density at radius 3 is 2.67 bits per heavy atom. The molecule has 1 fully saturated rings. The SMILES string of the molecule is Cc1ccc(F)cc1S(=O)(=O)N1CCC(C)(O)C1. The number of sulfonamides is 1. The lowest BCUT2D eigenvalue weighted by atomic mass is 10.1. The van der Waals surface area contributed by atoms with Gasteiger partial charge in [0.05, 0.1) is 10.5 Å². The molecule has 1 atom stereocenters. The minimum absolute atomic E-state index is 0.0276. The van der Waals surface area contributed by atoms with Crippen molar-refractivity contribution in [1.29, 1.82) is 0 Å². The summed E-state index contributed by atoms with van der Waals surface area (Å²) in [5.41, 5.74) is -0.503. The summed E-state index contributed by atoms with van der Waals surface area (Å²) in [5.74, 6) is -0.579. The lowest BCUT2D eigenvalue weighted by molar-refractivity contribution is 0.0762. The highest BCUT2D eigenvalue weighted by molar-refractivity contribution is 7.89. The van der Waals surface area contributed by atoms with Crippen LogP contribution in [0, 0.1) is 12.7 Å². The van der Waals surface area contributed by atoms with Crippen LogP contribution in [-0.2, 0) is 10.0 Å². The van der Waals surface area contributed by atoms with Crippen LogP contribution in [0.2, 0.25) is 0 Å². The zero-order chi connectivity index (χ0) is 13.6. The van der Waals surface area contributed by atoms with Gasteiger partial charge in [-0.15, -0.1) is 0 Å². The number of hydrogen-bond donors (Lipinski definition) is 1. The third-order valence-electron chi connectivity index (χ3n) is 3.18. The van der Waals surface area contributed by atoms with Gasteiger partial charge in [-0.05, 0) is 38.0 Å². The lowest BCUT2D eigenvalue weighted by Gasteiger charge is -2.19. The van der Waals surface area contributed by atoms with Crippen LogP contribution in [-0.4, -0.2) is 36.5 Å². The first-order valence-electron chi connectivity index (χ1n) is 5.71. The summed E-state index contributed by atoms with van der Waals surface area (Å²) in [6, 6.07) is 3.70. The van der Waals surface area contributed by atoms with E-state index in [-0.39, 0.29) is 18.0 Å². The number of hydrogen-bond acceptors (Lipinski definition) is 3. The van der Waals surface area contributed by atoms with Crippen LogP contribution >= 0.6 is 0 Å². The van der Waals surface area contributed by atoms with Crippen molar-refractivity contribution in [2.24, 2.45) is 0 Å². The Hall–Kier alpha value is -0.980. The van der Waals surface area contributed by atoms with Crippen LogP contribution in [0.4, 0.5) is 4.39 Å². The molecule has 100 valence electrons. The van der Waals surface area contributed by atoms with Crippen molar-refractivity contribution in [2.75, 3.05) is 13.1 Å². The molecule has 1 aliphatic rings. The summed E-state index contributed by atoms with van der Waals surface area (Å²) in [7, 11) is -3.73. The van der Waals surface area contributed by atoms with Crippen molar-refractivity contribution in [3.63, 3.8) is 0 Å². The van der Waals surface area contributed by atoms with Gasteiger partial charge in [-0.3, -0.25) is 0 Å². The molecule has 1 saturated heterocycles. The quantitative estimate of drug-likeness (QED) is 0.883. The van der Waals surface area contributed by atoms with Crippen LogP contribution < -0.4 is 0 Å². The molecule has 0 aliphatic carbocycles. The Kier molecular flexibility index (Phi) is 3.21. The molecule has 2 rings (SSSR count).